The molecular formula is C30H29N5O2. The van der Waals surface area contributed by atoms with Crippen LogP contribution in [0, 0.1) is 5.41 Å². The Bertz CT molecular complexity index is 1390. The summed E-state index contributed by atoms with van der Waals surface area (Å²) in [6.45, 7) is 1.71. The molecule has 0 spiro atoms. The van der Waals surface area contributed by atoms with Crippen LogP contribution in [0.15, 0.2) is 108 Å². The van der Waals surface area contributed by atoms with E-state index < -0.39 is 0 Å². The van der Waals surface area contributed by atoms with Gasteiger partial charge in [-0.1, -0.05) is 6.07 Å². The maximum atomic E-state index is 8.18. The lowest BCUT2D eigenvalue weighted by Crippen LogP contribution is -2.13. The molecule has 186 valence electrons. The smallest absolute Gasteiger partial charge is 0.148 e. The van der Waals surface area contributed by atoms with Crippen LogP contribution in [0.1, 0.15) is 25.0 Å². The van der Waals surface area contributed by atoms with Crippen LogP contribution in [0.4, 0.5) is 5.69 Å². The Labute approximate surface area is 216 Å². The highest BCUT2D eigenvalue weighted by atomic mass is 16.5. The maximum Gasteiger partial charge on any atom is 0.148 e. The number of aryl methyl sites for hydroxylation is 1. The largest absolute Gasteiger partial charge is 0.494 e. The van der Waals surface area contributed by atoms with Gasteiger partial charge < -0.3 is 19.0 Å². The molecule has 37 heavy (non-hydrogen) atoms. The third kappa shape index (κ3) is 6.52. The zero-order chi connectivity index (χ0) is 25.3. The summed E-state index contributed by atoms with van der Waals surface area (Å²) >= 11 is 0. The van der Waals surface area contributed by atoms with Gasteiger partial charge in [0.05, 0.1) is 12.9 Å². The number of pyridine rings is 1. The minimum Gasteiger partial charge on any atom is -0.494 e. The highest BCUT2D eigenvalue weighted by Crippen LogP contribution is 2.30. The molecule has 0 aliphatic heterocycles. The van der Waals surface area contributed by atoms with E-state index >= 15 is 0 Å². The van der Waals surface area contributed by atoms with E-state index in [-0.39, 0.29) is 5.84 Å². The molecule has 7 nitrogen and oxygen atoms in total. The summed E-state index contributed by atoms with van der Waals surface area (Å²) in [6.07, 6.45) is 10.6. The first-order valence-corrected chi connectivity index (χ1v) is 12.4. The van der Waals surface area contributed by atoms with E-state index in [9.17, 15) is 0 Å². The zero-order valence-electron chi connectivity index (χ0n) is 20.5. The van der Waals surface area contributed by atoms with Crippen LogP contribution in [-0.2, 0) is 6.54 Å². The number of hydrogen-bond acceptors (Lipinski definition) is 5. The predicted molar refractivity (Wildman–Crippen MR) is 146 cm³/mol. The third-order valence-corrected chi connectivity index (χ3v) is 5.99. The molecule has 0 aliphatic carbocycles. The first-order chi connectivity index (χ1) is 18.2. The van der Waals surface area contributed by atoms with Crippen LogP contribution in [0.5, 0.6) is 5.75 Å². The molecular weight excluding hydrogens is 462 g/mol. The lowest BCUT2D eigenvalue weighted by molar-refractivity contribution is 0.304. The van der Waals surface area contributed by atoms with Crippen LogP contribution >= 0.6 is 0 Å². The van der Waals surface area contributed by atoms with Gasteiger partial charge >= 0.3 is 0 Å². The first kappa shape index (κ1) is 24.1. The number of rotatable bonds is 11. The highest BCUT2D eigenvalue weighted by molar-refractivity contribution is 6.04. The van der Waals surface area contributed by atoms with Gasteiger partial charge in [0.25, 0.3) is 0 Å². The number of benzene rings is 2. The normalized spacial score (nSPS) is 10.8. The number of unbranched alkanes of at least 4 members (excludes halogenated alkanes) is 2. The number of furan rings is 1. The van der Waals surface area contributed by atoms with Crippen molar-refractivity contribution in [1.29, 1.82) is 5.41 Å². The minimum atomic E-state index is 0.256. The molecule has 3 heterocycles. The van der Waals surface area contributed by atoms with E-state index in [4.69, 9.17) is 14.6 Å². The molecule has 0 aliphatic rings. The zero-order valence-corrected chi connectivity index (χ0v) is 20.5. The lowest BCUT2D eigenvalue weighted by Gasteiger charge is -2.08. The van der Waals surface area contributed by atoms with Crippen molar-refractivity contribution in [3.63, 3.8) is 0 Å². The van der Waals surface area contributed by atoms with Crippen molar-refractivity contribution in [1.82, 2.24) is 14.5 Å². The molecule has 0 unspecified atom stereocenters. The Balaban J connectivity index is 1.11. The number of anilines is 1. The van der Waals surface area contributed by atoms with Crippen molar-refractivity contribution >= 4 is 11.5 Å². The monoisotopic (exact) mass is 491 g/mol. The molecule has 3 aromatic heterocycles. The lowest BCUT2D eigenvalue weighted by atomic mass is 10.1. The Morgan fingerprint density at radius 2 is 1.59 bits per heavy atom. The summed E-state index contributed by atoms with van der Waals surface area (Å²) < 4.78 is 14.1. The molecule has 0 fully saturated rings. The minimum absolute atomic E-state index is 0.256. The van der Waals surface area contributed by atoms with Gasteiger partial charge in [-0.3, -0.25) is 10.4 Å². The topological polar surface area (TPSA) is 89.0 Å². The summed E-state index contributed by atoms with van der Waals surface area (Å²) in [5.41, 5.74) is 3.38. The van der Waals surface area contributed by atoms with Crippen molar-refractivity contribution in [3.05, 3.63) is 109 Å². The number of amidine groups is 1. The van der Waals surface area contributed by atoms with Crippen molar-refractivity contribution < 1.29 is 9.15 Å². The van der Waals surface area contributed by atoms with Crippen LogP contribution in [0.2, 0.25) is 0 Å². The second kappa shape index (κ2) is 11.9. The highest BCUT2D eigenvalue weighted by Gasteiger charge is 2.08. The summed E-state index contributed by atoms with van der Waals surface area (Å²) in [7, 11) is 0. The van der Waals surface area contributed by atoms with Gasteiger partial charge in [-0.2, -0.15) is 0 Å². The Morgan fingerprint density at radius 3 is 2.27 bits per heavy atom. The predicted octanol–water partition coefficient (Wildman–Crippen LogP) is 6.89. The average molecular weight is 492 g/mol. The molecule has 5 aromatic rings. The fraction of sp³-hybridized carbons (Fsp3) is 0.167. The van der Waals surface area contributed by atoms with Gasteiger partial charge in [0.15, 0.2) is 0 Å². The van der Waals surface area contributed by atoms with Crippen LogP contribution in [0.3, 0.4) is 0 Å². The number of aromatic nitrogens is 3. The SMILES string of the molecule is N=C(Nc1ccc(-c2ccc(-c3ccc(OCCCCCn4ccnc4)cc3)o2)cc1)c1ccccn1. The van der Waals surface area contributed by atoms with E-state index in [1.807, 2.05) is 91.5 Å². The summed E-state index contributed by atoms with van der Waals surface area (Å²) in [4.78, 5) is 8.26. The maximum absolute atomic E-state index is 8.18. The molecule has 5 rings (SSSR count). The van der Waals surface area contributed by atoms with E-state index in [0.29, 0.717) is 12.3 Å². The second-order valence-electron chi connectivity index (χ2n) is 8.69. The second-order valence-corrected chi connectivity index (χ2v) is 8.69. The van der Waals surface area contributed by atoms with Crippen LogP contribution < -0.4 is 10.1 Å². The number of nitrogens with zero attached hydrogens (tertiary/aromatic N) is 3. The van der Waals surface area contributed by atoms with E-state index in [1.165, 1.54) is 0 Å². The Kier molecular flexibility index (Phi) is 7.71. The summed E-state index contributed by atoms with van der Waals surface area (Å²) in [6, 6.07) is 25.3. The molecule has 0 saturated heterocycles. The quantitative estimate of drug-likeness (QED) is 0.119. The molecule has 0 bridgehead atoms. The van der Waals surface area contributed by atoms with Crippen molar-refractivity contribution in [3.8, 4) is 28.4 Å². The van der Waals surface area contributed by atoms with Gasteiger partial charge in [0, 0.05) is 41.9 Å². The van der Waals surface area contributed by atoms with E-state index in [0.717, 1.165) is 59.9 Å². The number of hydrogen-bond donors (Lipinski definition) is 2. The molecule has 2 N–H and O–H groups in total. The fourth-order valence-corrected chi connectivity index (χ4v) is 3.98. The van der Waals surface area contributed by atoms with Crippen LogP contribution in [0.25, 0.3) is 22.6 Å². The van der Waals surface area contributed by atoms with Crippen molar-refractivity contribution in [2.75, 3.05) is 11.9 Å². The van der Waals surface area contributed by atoms with Gasteiger partial charge in [0.2, 0.25) is 0 Å². The van der Waals surface area contributed by atoms with Gasteiger partial charge in [0.1, 0.15) is 28.8 Å². The number of nitrogens with one attached hydrogen (secondary N) is 2. The molecule has 7 heteroatoms. The Hall–Kier alpha value is -4.65. The van der Waals surface area contributed by atoms with Crippen LogP contribution in [-0.4, -0.2) is 27.0 Å². The molecule has 0 amide bonds. The van der Waals surface area contributed by atoms with Gasteiger partial charge in [-0.15, -0.1) is 0 Å². The van der Waals surface area contributed by atoms with Gasteiger partial charge in [-0.05, 0) is 92.1 Å². The van der Waals surface area contributed by atoms with E-state index in [2.05, 4.69) is 19.9 Å². The number of imidazole rings is 1. The third-order valence-electron chi connectivity index (χ3n) is 5.99. The molecule has 2 aromatic carbocycles. The first-order valence-electron chi connectivity index (χ1n) is 12.4. The summed E-state index contributed by atoms with van der Waals surface area (Å²) in [5.74, 6) is 2.72. The number of ether oxygens (including phenoxy) is 1. The molecule has 0 radical (unpaired) electrons. The van der Waals surface area contributed by atoms with Gasteiger partial charge in [-0.25, -0.2) is 4.98 Å². The standard InChI is InChI=1S/C30H29N5O2/c31-30(27-6-2-3-17-33-27)34-25-11-7-23(8-12-25)28-15-16-29(37-28)24-9-13-26(14-10-24)36-21-5-1-4-19-35-20-18-32-22-35/h2-3,6-18,20,22H,1,4-5,19,21H2,(H2,31,34). The molecule has 0 atom stereocenters. The van der Waals surface area contributed by atoms with E-state index in [1.54, 1.807) is 12.3 Å². The molecule has 0 saturated carbocycles. The summed E-state index contributed by atoms with van der Waals surface area (Å²) in [5, 5.41) is 11.3. The van der Waals surface area contributed by atoms with Crippen molar-refractivity contribution in [2.24, 2.45) is 0 Å². The van der Waals surface area contributed by atoms with Crippen molar-refractivity contribution in [2.45, 2.75) is 25.8 Å². The Morgan fingerprint density at radius 1 is 0.838 bits per heavy atom. The fourth-order valence-electron chi connectivity index (χ4n) is 3.98. The average Bonchev–Trinajstić information content (AvgIpc) is 3.65.